The van der Waals surface area contributed by atoms with Gasteiger partial charge in [0.05, 0.1) is 6.67 Å². The third kappa shape index (κ3) is 5.91. The van der Waals surface area contributed by atoms with Crippen molar-refractivity contribution < 1.29 is 18.7 Å². The summed E-state index contributed by atoms with van der Waals surface area (Å²) in [5.74, 6) is -0.299. The van der Waals surface area contributed by atoms with Crippen LogP contribution in [-0.4, -0.2) is 61.2 Å². The number of hydrogen-bond donors (Lipinski definition) is 2. The van der Waals surface area contributed by atoms with Crippen molar-refractivity contribution in [1.82, 2.24) is 20.7 Å². The zero-order chi connectivity index (χ0) is 22.3. The van der Waals surface area contributed by atoms with Gasteiger partial charge in [-0.05, 0) is 55.8 Å². The number of carbonyl (C=O) groups excluding carboxylic acids is 2. The number of ether oxygens (including phenoxy) is 1. The lowest BCUT2D eigenvalue weighted by atomic mass is 9.89. The van der Waals surface area contributed by atoms with Gasteiger partial charge >= 0.3 is 6.09 Å². The number of nitrogens with zero attached hydrogens (tertiary/aromatic N) is 2. The van der Waals surface area contributed by atoms with E-state index < -0.39 is 6.09 Å². The molecule has 0 bridgehead atoms. The molecule has 1 amide bonds. The van der Waals surface area contributed by atoms with Crippen LogP contribution in [-0.2, 0) is 4.74 Å². The molecule has 0 saturated carbocycles. The van der Waals surface area contributed by atoms with E-state index in [4.69, 9.17) is 4.74 Å². The Kier molecular flexibility index (Phi) is 7.47. The number of benzene rings is 2. The molecule has 2 heterocycles. The van der Waals surface area contributed by atoms with Crippen molar-refractivity contribution in [1.29, 1.82) is 0 Å². The first kappa shape index (κ1) is 22.4. The second-order valence-electron chi connectivity index (χ2n) is 8.28. The van der Waals surface area contributed by atoms with Gasteiger partial charge in [0, 0.05) is 30.6 Å². The van der Waals surface area contributed by atoms with E-state index in [-0.39, 0.29) is 23.6 Å². The highest BCUT2D eigenvalue weighted by Gasteiger charge is 2.27. The molecule has 8 heteroatoms. The lowest BCUT2D eigenvalue weighted by molar-refractivity contribution is 0.0779. The highest BCUT2D eigenvalue weighted by molar-refractivity contribution is 5.97. The zero-order valence-corrected chi connectivity index (χ0v) is 18.0. The second kappa shape index (κ2) is 10.7. The molecule has 2 aromatic carbocycles. The van der Waals surface area contributed by atoms with E-state index in [1.165, 1.54) is 17.7 Å². The van der Waals surface area contributed by atoms with Crippen LogP contribution in [0.4, 0.5) is 9.18 Å². The number of piperidine rings is 1. The zero-order valence-electron chi connectivity index (χ0n) is 18.0. The van der Waals surface area contributed by atoms with E-state index in [2.05, 4.69) is 27.8 Å². The number of nitrogens with one attached hydrogen (secondary N) is 2. The van der Waals surface area contributed by atoms with Crippen molar-refractivity contribution >= 4 is 11.9 Å². The van der Waals surface area contributed by atoms with Crippen LogP contribution >= 0.6 is 0 Å². The molecular weight excluding hydrogens is 411 g/mol. The maximum atomic E-state index is 13.1. The van der Waals surface area contributed by atoms with Crippen molar-refractivity contribution in [3.05, 3.63) is 71.5 Å². The minimum atomic E-state index is -0.457. The summed E-state index contributed by atoms with van der Waals surface area (Å²) in [6.07, 6.45) is 1.05. The standard InChI is InChI=1S/C24H29FN4O3/c25-21-8-6-19(7-9-21)23(30)20-10-12-28(13-11-20)14-15-32-24(31)27-29-16-22(26-17-29)18-4-2-1-3-5-18/h1-9,20,22,26H,10-17H2,(H,27,31). The van der Waals surface area contributed by atoms with Crippen molar-refractivity contribution in [2.75, 3.05) is 39.5 Å². The summed E-state index contributed by atoms with van der Waals surface area (Å²) in [5, 5.41) is 5.18. The monoisotopic (exact) mass is 440 g/mol. The van der Waals surface area contributed by atoms with Crippen LogP contribution in [0.2, 0.25) is 0 Å². The molecule has 1 atom stereocenters. The minimum absolute atomic E-state index is 0.0406. The molecule has 0 aromatic heterocycles. The van der Waals surface area contributed by atoms with E-state index in [1.807, 2.05) is 23.2 Å². The lowest BCUT2D eigenvalue weighted by Crippen LogP contribution is -2.43. The Morgan fingerprint density at radius 2 is 1.78 bits per heavy atom. The molecule has 7 nitrogen and oxygen atoms in total. The Morgan fingerprint density at radius 3 is 2.50 bits per heavy atom. The molecule has 2 aliphatic rings. The topological polar surface area (TPSA) is 73.9 Å². The number of likely N-dealkylation sites (tertiary alicyclic amines) is 1. The van der Waals surface area contributed by atoms with E-state index in [9.17, 15) is 14.0 Å². The van der Waals surface area contributed by atoms with Crippen molar-refractivity contribution in [2.45, 2.75) is 18.9 Å². The largest absolute Gasteiger partial charge is 0.447 e. The molecule has 32 heavy (non-hydrogen) atoms. The average Bonchev–Trinajstić information content (AvgIpc) is 3.28. The van der Waals surface area contributed by atoms with Gasteiger partial charge in [0.25, 0.3) is 0 Å². The number of rotatable bonds is 7. The van der Waals surface area contributed by atoms with Crippen LogP contribution in [0.1, 0.15) is 34.8 Å². The van der Waals surface area contributed by atoms with Crippen molar-refractivity contribution in [2.24, 2.45) is 5.92 Å². The molecule has 0 spiro atoms. The number of carbonyl (C=O) groups is 2. The van der Waals surface area contributed by atoms with Crippen LogP contribution in [0.3, 0.4) is 0 Å². The van der Waals surface area contributed by atoms with Gasteiger partial charge in [0.2, 0.25) is 0 Å². The molecule has 2 fully saturated rings. The number of hydrazine groups is 1. The Balaban J connectivity index is 1.12. The van der Waals surface area contributed by atoms with E-state index in [0.717, 1.165) is 25.9 Å². The maximum absolute atomic E-state index is 13.1. The number of halogens is 1. The first-order chi connectivity index (χ1) is 15.6. The van der Waals surface area contributed by atoms with Crippen molar-refractivity contribution in [3.63, 3.8) is 0 Å². The minimum Gasteiger partial charge on any atom is -0.447 e. The fraction of sp³-hybridized carbons (Fsp3) is 0.417. The quantitative estimate of drug-likeness (QED) is 0.645. The first-order valence-corrected chi connectivity index (χ1v) is 11.1. The van der Waals surface area contributed by atoms with Gasteiger partial charge in [-0.25, -0.2) is 14.2 Å². The summed E-state index contributed by atoms with van der Waals surface area (Å²) in [7, 11) is 0. The molecule has 0 radical (unpaired) electrons. The highest BCUT2D eigenvalue weighted by atomic mass is 19.1. The van der Waals surface area contributed by atoms with Gasteiger partial charge in [0.15, 0.2) is 5.78 Å². The SMILES string of the molecule is O=C(NN1CNC(c2ccccc2)C1)OCCN1CCC(C(=O)c2ccc(F)cc2)CC1. The third-order valence-corrected chi connectivity index (χ3v) is 6.11. The van der Waals surface area contributed by atoms with E-state index >= 15 is 0 Å². The Hall–Kier alpha value is -2.81. The fourth-order valence-electron chi connectivity index (χ4n) is 4.26. The summed E-state index contributed by atoms with van der Waals surface area (Å²) < 4.78 is 18.4. The maximum Gasteiger partial charge on any atom is 0.421 e. The predicted molar refractivity (Wildman–Crippen MR) is 118 cm³/mol. The predicted octanol–water partition coefficient (Wildman–Crippen LogP) is 2.97. The number of amides is 1. The van der Waals surface area contributed by atoms with Gasteiger partial charge in [0.1, 0.15) is 12.4 Å². The summed E-state index contributed by atoms with van der Waals surface area (Å²) in [6.45, 7) is 3.72. The smallest absolute Gasteiger partial charge is 0.421 e. The molecule has 170 valence electrons. The number of Topliss-reactive ketones (excluding diaryl/α,β-unsaturated/α-hetero) is 1. The van der Waals surface area contributed by atoms with Crippen LogP contribution in [0.15, 0.2) is 54.6 Å². The van der Waals surface area contributed by atoms with Gasteiger partial charge in [-0.1, -0.05) is 30.3 Å². The second-order valence-corrected chi connectivity index (χ2v) is 8.28. The summed E-state index contributed by atoms with van der Waals surface area (Å²) in [6, 6.07) is 16.0. The fourth-order valence-corrected chi connectivity index (χ4v) is 4.26. The Morgan fingerprint density at radius 1 is 1.06 bits per heavy atom. The molecule has 4 rings (SSSR count). The molecule has 1 unspecified atom stereocenters. The van der Waals surface area contributed by atoms with Gasteiger partial charge in [-0.2, -0.15) is 0 Å². The van der Waals surface area contributed by atoms with E-state index in [1.54, 1.807) is 12.1 Å². The summed E-state index contributed by atoms with van der Waals surface area (Å²) in [5.41, 5.74) is 4.53. The third-order valence-electron chi connectivity index (χ3n) is 6.11. The number of ketones is 1. The molecule has 2 aromatic rings. The van der Waals surface area contributed by atoms with Crippen molar-refractivity contribution in [3.8, 4) is 0 Å². The van der Waals surface area contributed by atoms with Crippen LogP contribution in [0.5, 0.6) is 0 Å². The first-order valence-electron chi connectivity index (χ1n) is 11.1. The van der Waals surface area contributed by atoms with Gasteiger partial charge in [-0.15, -0.1) is 0 Å². The Labute approximate surface area is 187 Å². The normalized spacial score (nSPS) is 20.2. The molecule has 2 N–H and O–H groups in total. The average molecular weight is 441 g/mol. The van der Waals surface area contributed by atoms with Crippen LogP contribution < -0.4 is 10.7 Å². The number of hydrogen-bond acceptors (Lipinski definition) is 6. The Bertz CT molecular complexity index is 901. The van der Waals surface area contributed by atoms with Crippen LogP contribution in [0, 0.1) is 11.7 Å². The summed E-state index contributed by atoms with van der Waals surface area (Å²) >= 11 is 0. The molecule has 2 saturated heterocycles. The summed E-state index contributed by atoms with van der Waals surface area (Å²) in [4.78, 5) is 26.9. The molecule has 0 aliphatic carbocycles. The van der Waals surface area contributed by atoms with Crippen LogP contribution in [0.25, 0.3) is 0 Å². The van der Waals surface area contributed by atoms with E-state index in [0.29, 0.717) is 31.9 Å². The highest BCUT2D eigenvalue weighted by Crippen LogP contribution is 2.22. The molecular formula is C24H29FN4O3. The van der Waals surface area contributed by atoms with Gasteiger partial charge < -0.3 is 4.74 Å². The lowest BCUT2D eigenvalue weighted by Gasteiger charge is -2.31. The van der Waals surface area contributed by atoms with Gasteiger partial charge in [-0.3, -0.25) is 20.4 Å². The molecule has 2 aliphatic heterocycles.